The van der Waals surface area contributed by atoms with E-state index in [9.17, 15) is 13.3 Å². The van der Waals surface area contributed by atoms with Gasteiger partial charge in [-0.15, -0.1) is 0 Å². The molecule has 0 aliphatic rings. The van der Waals surface area contributed by atoms with Gasteiger partial charge in [0.05, 0.1) is 0 Å². The molecule has 0 unspecified atom stereocenters. The Bertz CT molecular complexity index is 575. The van der Waals surface area contributed by atoms with Crippen molar-refractivity contribution >= 4 is 64.9 Å². The molecule has 4 N–H and O–H groups in total. The van der Waals surface area contributed by atoms with Gasteiger partial charge in [-0.05, 0) is 0 Å². The third-order valence-corrected chi connectivity index (χ3v) is 4.61. The summed E-state index contributed by atoms with van der Waals surface area (Å²) in [6.07, 6.45) is 0. The number of rotatable bonds is 5. The Morgan fingerprint density at radius 3 is 2.00 bits per heavy atom. The van der Waals surface area contributed by atoms with Crippen molar-refractivity contribution in [3.8, 4) is 0 Å². The summed E-state index contributed by atoms with van der Waals surface area (Å²) in [6.45, 7) is 0. The number of nitrogens with one attached hydrogen (secondary N) is 2. The van der Waals surface area contributed by atoms with Gasteiger partial charge in [-0.2, -0.15) is 0 Å². The zero-order chi connectivity index (χ0) is 15.3. The number of anilines is 2. The normalized spacial score (nSPS) is 11.0. The van der Waals surface area contributed by atoms with Crippen LogP contribution >= 0.6 is 23.2 Å². The quantitative estimate of drug-likeness (QED) is 0.407. The minimum atomic E-state index is -5.11. The van der Waals surface area contributed by atoms with E-state index < -0.39 is 26.0 Å². The fraction of sp³-hybridized carbons (Fsp3) is 0.200. The van der Waals surface area contributed by atoms with Crippen molar-refractivity contribution in [2.24, 2.45) is 0 Å². The Kier molecular flexibility index (Phi) is 6.10. The summed E-state index contributed by atoms with van der Waals surface area (Å²) in [5, 5.41) is 4.73. The molecule has 0 atom stereocenters. The van der Waals surface area contributed by atoms with E-state index in [1.54, 1.807) is 0 Å². The van der Waals surface area contributed by atoms with E-state index in [0.717, 1.165) is 6.07 Å². The molecule has 7 nitrogen and oxygen atoms in total. The van der Waals surface area contributed by atoms with Crippen LogP contribution < -0.4 is 15.0 Å². The van der Waals surface area contributed by atoms with Crippen LogP contribution in [0.15, 0.2) is 18.2 Å². The molecule has 0 spiro atoms. The van der Waals surface area contributed by atoms with Crippen molar-refractivity contribution in [2.45, 2.75) is 0 Å². The van der Waals surface area contributed by atoms with Crippen molar-refractivity contribution in [3.63, 3.8) is 0 Å². The summed E-state index contributed by atoms with van der Waals surface area (Å²) < 4.78 is 29.3. The standard InChI is InChI=1S/C10H11AsCl2N2O5/c12-4-9(16)14-7-2-1-6(11(18,19)20)3-8(7)15-10(17)5-13/h1-3H,4-5H2,(H,14,16)(H,15,17)(H2,18,19,20). The zero-order valence-corrected chi connectivity index (χ0v) is 13.4. The van der Waals surface area contributed by atoms with Crippen LogP contribution in [0.5, 0.6) is 0 Å². The predicted molar refractivity (Wildman–Crippen MR) is 75.7 cm³/mol. The molecule has 0 heterocycles. The maximum atomic E-state index is 11.3. The summed E-state index contributed by atoms with van der Waals surface area (Å²) in [6, 6.07) is 3.53. The first kappa shape index (κ1) is 17.1. The summed E-state index contributed by atoms with van der Waals surface area (Å²) in [7, 11) is 0. The maximum absolute atomic E-state index is 11.3. The number of hydrogen-bond acceptors (Lipinski definition) is 3. The summed E-state index contributed by atoms with van der Waals surface area (Å²) in [4.78, 5) is 22.5. The van der Waals surface area contributed by atoms with Crippen LogP contribution in [0.4, 0.5) is 11.4 Å². The van der Waals surface area contributed by atoms with Gasteiger partial charge >= 0.3 is 127 Å². The molecule has 0 aliphatic heterocycles. The topological polar surface area (TPSA) is 116 Å². The molecule has 0 aliphatic carbocycles. The van der Waals surface area contributed by atoms with Crippen LogP contribution in [-0.4, -0.2) is 45.9 Å². The summed E-state index contributed by atoms with van der Waals surface area (Å²) in [5.41, 5.74) is 0.207. The number of halogens is 2. The molecule has 2 amide bonds. The van der Waals surface area contributed by atoms with Gasteiger partial charge in [0.25, 0.3) is 0 Å². The Balaban J connectivity index is 3.19. The molecule has 1 rings (SSSR count). The van der Waals surface area contributed by atoms with Crippen LogP contribution in [0.1, 0.15) is 0 Å². The van der Waals surface area contributed by atoms with Crippen molar-refractivity contribution < 1.29 is 21.5 Å². The third kappa shape index (κ3) is 4.85. The van der Waals surface area contributed by atoms with E-state index in [4.69, 9.17) is 31.4 Å². The van der Waals surface area contributed by atoms with Crippen molar-refractivity contribution in [2.75, 3.05) is 22.4 Å². The van der Waals surface area contributed by atoms with E-state index in [2.05, 4.69) is 10.6 Å². The van der Waals surface area contributed by atoms with Crippen LogP contribution in [0.25, 0.3) is 0 Å². The number of carbonyl (C=O) groups is 2. The molecule has 0 radical (unpaired) electrons. The van der Waals surface area contributed by atoms with Crippen LogP contribution in [-0.2, 0) is 13.3 Å². The van der Waals surface area contributed by atoms with E-state index >= 15 is 0 Å². The fourth-order valence-corrected chi connectivity index (χ4v) is 2.61. The molecule has 20 heavy (non-hydrogen) atoms. The Hall–Kier alpha value is -0.982. The second-order valence-corrected chi connectivity index (χ2v) is 7.54. The average Bonchev–Trinajstić information content (AvgIpc) is 2.39. The first-order chi connectivity index (χ1) is 9.27. The predicted octanol–water partition coefficient (Wildman–Crippen LogP) is -0.398. The summed E-state index contributed by atoms with van der Waals surface area (Å²) >= 11 is 5.58. The molecule has 0 fully saturated rings. The second-order valence-electron chi connectivity index (χ2n) is 3.64. The van der Waals surface area contributed by atoms with E-state index in [0.29, 0.717) is 0 Å². The molecule has 1 aromatic carbocycles. The fourth-order valence-electron chi connectivity index (χ4n) is 1.29. The van der Waals surface area contributed by atoms with Gasteiger partial charge in [-0.1, -0.05) is 0 Å². The Morgan fingerprint density at radius 2 is 1.55 bits per heavy atom. The molecule has 0 aromatic heterocycles. The Labute approximate surface area is 127 Å². The van der Waals surface area contributed by atoms with Gasteiger partial charge in [-0.3, -0.25) is 0 Å². The van der Waals surface area contributed by atoms with Crippen molar-refractivity contribution in [1.82, 2.24) is 0 Å². The molecule has 110 valence electrons. The number of amides is 2. The van der Waals surface area contributed by atoms with E-state index in [-0.39, 0.29) is 27.5 Å². The summed E-state index contributed by atoms with van der Waals surface area (Å²) in [5.74, 6) is -1.74. The molecule has 10 heteroatoms. The van der Waals surface area contributed by atoms with Crippen molar-refractivity contribution in [1.29, 1.82) is 0 Å². The van der Waals surface area contributed by atoms with Crippen LogP contribution in [0, 0.1) is 0 Å². The first-order valence-corrected chi connectivity index (χ1v) is 9.65. The van der Waals surface area contributed by atoms with Crippen molar-refractivity contribution in [3.05, 3.63) is 18.2 Å². The van der Waals surface area contributed by atoms with Gasteiger partial charge in [0.15, 0.2) is 0 Å². The minimum absolute atomic E-state index is 0.0383. The third-order valence-electron chi connectivity index (χ3n) is 2.13. The zero-order valence-electron chi connectivity index (χ0n) is 9.97. The van der Waals surface area contributed by atoms with Gasteiger partial charge in [0.2, 0.25) is 0 Å². The molecular formula is C10H11AsCl2N2O5. The van der Waals surface area contributed by atoms with Gasteiger partial charge in [-0.25, -0.2) is 0 Å². The van der Waals surface area contributed by atoms with Gasteiger partial charge < -0.3 is 0 Å². The molecule has 0 bridgehead atoms. The average molecular weight is 385 g/mol. The monoisotopic (exact) mass is 384 g/mol. The number of hydrogen-bond donors (Lipinski definition) is 4. The molecule has 0 saturated carbocycles. The van der Waals surface area contributed by atoms with E-state index in [1.165, 1.54) is 12.1 Å². The first-order valence-electron chi connectivity index (χ1n) is 5.19. The Morgan fingerprint density at radius 1 is 1.05 bits per heavy atom. The van der Waals surface area contributed by atoms with Crippen LogP contribution in [0.2, 0.25) is 0 Å². The van der Waals surface area contributed by atoms with Gasteiger partial charge in [0, 0.05) is 0 Å². The molecule has 0 saturated heterocycles. The van der Waals surface area contributed by atoms with Crippen LogP contribution in [0.3, 0.4) is 0 Å². The van der Waals surface area contributed by atoms with Gasteiger partial charge in [0.1, 0.15) is 0 Å². The second kappa shape index (κ2) is 7.15. The molecular weight excluding hydrogens is 374 g/mol. The number of alkyl halides is 2. The molecule has 1 aromatic rings. The number of carbonyl (C=O) groups excluding carboxylic acids is 2. The van der Waals surface area contributed by atoms with E-state index in [1.807, 2.05) is 0 Å². The SMILES string of the molecule is O=C(CCl)Nc1ccc([As](=O)(O)O)cc1NC(=O)CCl. The number of benzene rings is 1.